The molecule has 0 bridgehead atoms. The SMILES string of the molecule is O=c1c(O)c(-c2ccc(O)c(O)c2)oc2ccc(NS(=O)(=O)c3ccccc3)cc12. The fraction of sp³-hybridized carbons (Fsp3) is 0. The van der Waals surface area contributed by atoms with E-state index in [2.05, 4.69) is 4.72 Å². The average molecular weight is 425 g/mol. The smallest absolute Gasteiger partial charge is 0.261 e. The Morgan fingerprint density at radius 2 is 1.57 bits per heavy atom. The Balaban J connectivity index is 1.78. The molecule has 3 aromatic carbocycles. The van der Waals surface area contributed by atoms with Crippen LogP contribution in [0.5, 0.6) is 17.2 Å². The zero-order chi connectivity index (χ0) is 21.5. The van der Waals surface area contributed by atoms with Gasteiger partial charge in [-0.3, -0.25) is 9.52 Å². The van der Waals surface area contributed by atoms with Crippen molar-refractivity contribution in [3.05, 3.63) is 77.0 Å². The molecule has 4 N–H and O–H groups in total. The number of benzene rings is 3. The maximum absolute atomic E-state index is 12.7. The van der Waals surface area contributed by atoms with E-state index in [9.17, 15) is 28.5 Å². The third kappa shape index (κ3) is 3.42. The molecule has 1 heterocycles. The molecule has 0 aliphatic heterocycles. The van der Waals surface area contributed by atoms with Gasteiger partial charge in [-0.05, 0) is 48.5 Å². The van der Waals surface area contributed by atoms with E-state index >= 15 is 0 Å². The van der Waals surface area contributed by atoms with E-state index in [1.165, 1.54) is 42.5 Å². The molecule has 30 heavy (non-hydrogen) atoms. The van der Waals surface area contributed by atoms with Crippen molar-refractivity contribution in [1.82, 2.24) is 0 Å². The third-order valence-corrected chi connectivity index (χ3v) is 5.81. The summed E-state index contributed by atoms with van der Waals surface area (Å²) in [5.74, 6) is -1.71. The standard InChI is InChI=1S/C21H15NO7S/c23-16-8-6-12(10-17(16)24)21-20(26)19(25)15-11-13(7-9-18(15)29-21)22-30(27,28)14-4-2-1-3-5-14/h1-11,22-24,26H. The molecule has 0 spiro atoms. The number of phenolic OH excluding ortho intramolecular Hbond substituents is 2. The summed E-state index contributed by atoms with van der Waals surface area (Å²) in [4.78, 5) is 12.7. The van der Waals surface area contributed by atoms with Gasteiger partial charge in [0.25, 0.3) is 10.0 Å². The average Bonchev–Trinajstić information content (AvgIpc) is 2.73. The van der Waals surface area contributed by atoms with E-state index in [-0.39, 0.29) is 38.6 Å². The second kappa shape index (κ2) is 7.12. The van der Waals surface area contributed by atoms with Gasteiger partial charge in [0.15, 0.2) is 17.3 Å². The fourth-order valence-electron chi connectivity index (χ4n) is 2.92. The molecule has 8 nitrogen and oxygen atoms in total. The van der Waals surface area contributed by atoms with Crippen LogP contribution < -0.4 is 10.2 Å². The van der Waals surface area contributed by atoms with Gasteiger partial charge in [0.2, 0.25) is 11.2 Å². The topological polar surface area (TPSA) is 137 Å². The Kier molecular flexibility index (Phi) is 4.59. The van der Waals surface area contributed by atoms with Crippen LogP contribution in [0.2, 0.25) is 0 Å². The summed E-state index contributed by atoms with van der Waals surface area (Å²) in [6.45, 7) is 0. The molecule has 0 unspecified atom stereocenters. The van der Waals surface area contributed by atoms with Crippen molar-refractivity contribution >= 4 is 26.7 Å². The maximum atomic E-state index is 12.7. The lowest BCUT2D eigenvalue weighted by atomic mass is 10.1. The van der Waals surface area contributed by atoms with Crippen LogP contribution in [0.25, 0.3) is 22.3 Å². The maximum Gasteiger partial charge on any atom is 0.261 e. The summed E-state index contributed by atoms with van der Waals surface area (Å²) < 4.78 is 33.0. The molecule has 0 amide bonds. The molecule has 0 saturated carbocycles. The summed E-state index contributed by atoms with van der Waals surface area (Å²) in [6, 6.07) is 15.5. The van der Waals surface area contributed by atoms with Crippen LogP contribution in [0.15, 0.2) is 80.8 Å². The minimum atomic E-state index is -3.86. The summed E-state index contributed by atoms with van der Waals surface area (Å²) in [6.07, 6.45) is 0. The number of rotatable bonds is 4. The van der Waals surface area contributed by atoms with Crippen molar-refractivity contribution in [2.24, 2.45) is 0 Å². The summed E-state index contributed by atoms with van der Waals surface area (Å²) in [7, 11) is -3.86. The first kappa shape index (κ1) is 19.3. The van der Waals surface area contributed by atoms with E-state index in [4.69, 9.17) is 4.42 Å². The highest BCUT2D eigenvalue weighted by molar-refractivity contribution is 7.92. The quantitative estimate of drug-likeness (QED) is 0.368. The molecular formula is C21H15NO7S. The lowest BCUT2D eigenvalue weighted by Crippen LogP contribution is -2.13. The summed E-state index contributed by atoms with van der Waals surface area (Å²) in [5, 5.41) is 29.4. The van der Waals surface area contributed by atoms with Crippen molar-refractivity contribution in [2.75, 3.05) is 4.72 Å². The molecule has 0 atom stereocenters. The molecule has 9 heteroatoms. The van der Waals surface area contributed by atoms with Crippen LogP contribution in [-0.2, 0) is 10.0 Å². The number of aromatic hydroxyl groups is 3. The van der Waals surface area contributed by atoms with Crippen LogP contribution in [0.4, 0.5) is 5.69 Å². The van der Waals surface area contributed by atoms with Crippen molar-refractivity contribution in [2.45, 2.75) is 4.90 Å². The van der Waals surface area contributed by atoms with Gasteiger partial charge < -0.3 is 19.7 Å². The Morgan fingerprint density at radius 1 is 0.833 bits per heavy atom. The van der Waals surface area contributed by atoms with Gasteiger partial charge in [-0.2, -0.15) is 0 Å². The Labute approximate surface area is 170 Å². The summed E-state index contributed by atoms with van der Waals surface area (Å²) >= 11 is 0. The molecule has 0 radical (unpaired) electrons. The van der Waals surface area contributed by atoms with E-state index in [1.807, 2.05) is 0 Å². The lowest BCUT2D eigenvalue weighted by molar-refractivity contribution is 0.403. The lowest BCUT2D eigenvalue weighted by Gasteiger charge is -2.10. The molecule has 4 aromatic rings. The molecule has 0 fully saturated rings. The number of hydrogen-bond acceptors (Lipinski definition) is 7. The van der Waals surface area contributed by atoms with Crippen molar-refractivity contribution in [3.8, 4) is 28.6 Å². The van der Waals surface area contributed by atoms with Crippen LogP contribution in [-0.4, -0.2) is 23.7 Å². The zero-order valence-electron chi connectivity index (χ0n) is 15.2. The Hall–Kier alpha value is -3.98. The van der Waals surface area contributed by atoms with Crippen LogP contribution >= 0.6 is 0 Å². The Bertz CT molecular complexity index is 1430. The van der Waals surface area contributed by atoms with Gasteiger partial charge in [0.05, 0.1) is 10.3 Å². The molecule has 152 valence electrons. The van der Waals surface area contributed by atoms with Gasteiger partial charge in [0, 0.05) is 11.3 Å². The van der Waals surface area contributed by atoms with Gasteiger partial charge in [-0.15, -0.1) is 0 Å². The largest absolute Gasteiger partial charge is 0.504 e. The second-order valence-corrected chi connectivity index (χ2v) is 8.12. The first-order valence-electron chi connectivity index (χ1n) is 8.66. The van der Waals surface area contributed by atoms with E-state index in [0.717, 1.165) is 6.07 Å². The normalized spacial score (nSPS) is 11.5. The first-order chi connectivity index (χ1) is 14.3. The second-order valence-electron chi connectivity index (χ2n) is 6.44. The van der Waals surface area contributed by atoms with E-state index < -0.39 is 27.0 Å². The Morgan fingerprint density at radius 3 is 2.27 bits per heavy atom. The van der Waals surface area contributed by atoms with Gasteiger partial charge >= 0.3 is 0 Å². The zero-order valence-corrected chi connectivity index (χ0v) is 16.1. The number of phenols is 2. The van der Waals surface area contributed by atoms with E-state index in [1.54, 1.807) is 18.2 Å². The van der Waals surface area contributed by atoms with Crippen LogP contribution in [0.3, 0.4) is 0 Å². The molecule has 1 aromatic heterocycles. The molecule has 0 aliphatic carbocycles. The number of sulfonamides is 1. The highest BCUT2D eigenvalue weighted by Crippen LogP contribution is 2.35. The van der Waals surface area contributed by atoms with E-state index in [0.29, 0.717) is 0 Å². The van der Waals surface area contributed by atoms with Gasteiger partial charge in [0.1, 0.15) is 5.58 Å². The first-order valence-corrected chi connectivity index (χ1v) is 10.1. The minimum absolute atomic E-state index is 0.0347. The van der Waals surface area contributed by atoms with Crippen molar-refractivity contribution in [3.63, 3.8) is 0 Å². The molecular weight excluding hydrogens is 410 g/mol. The minimum Gasteiger partial charge on any atom is -0.504 e. The van der Waals surface area contributed by atoms with Crippen LogP contribution in [0.1, 0.15) is 0 Å². The highest BCUT2D eigenvalue weighted by atomic mass is 32.2. The third-order valence-electron chi connectivity index (χ3n) is 4.41. The van der Waals surface area contributed by atoms with Gasteiger partial charge in [-0.25, -0.2) is 8.42 Å². The molecule has 0 saturated heterocycles. The van der Waals surface area contributed by atoms with Crippen molar-refractivity contribution < 1.29 is 28.2 Å². The fourth-order valence-corrected chi connectivity index (χ4v) is 3.99. The number of anilines is 1. The molecule has 0 aliphatic rings. The highest BCUT2D eigenvalue weighted by Gasteiger charge is 2.18. The predicted octanol–water partition coefficient (Wildman–Crippen LogP) is 3.38. The molecule has 4 rings (SSSR count). The van der Waals surface area contributed by atoms with Crippen LogP contribution in [0, 0.1) is 0 Å². The van der Waals surface area contributed by atoms with Gasteiger partial charge in [-0.1, -0.05) is 18.2 Å². The summed E-state index contributed by atoms with van der Waals surface area (Å²) in [5.41, 5.74) is -0.383. The number of hydrogen-bond donors (Lipinski definition) is 4. The number of nitrogens with one attached hydrogen (secondary N) is 1. The van der Waals surface area contributed by atoms with Crippen molar-refractivity contribution in [1.29, 1.82) is 0 Å². The number of fused-ring (bicyclic) bond motifs is 1. The monoisotopic (exact) mass is 425 g/mol. The predicted molar refractivity (Wildman–Crippen MR) is 110 cm³/mol.